The van der Waals surface area contributed by atoms with Gasteiger partial charge in [0.2, 0.25) is 0 Å². The SMILES string of the molecule is CC(N)c1ccc(F)c(F)c1Br.Cl. The van der Waals surface area contributed by atoms with Gasteiger partial charge in [0.05, 0.1) is 4.47 Å². The maximum Gasteiger partial charge on any atom is 0.173 e. The molecule has 1 atom stereocenters. The van der Waals surface area contributed by atoms with Crippen LogP contribution in [0.2, 0.25) is 0 Å². The van der Waals surface area contributed by atoms with Crippen molar-refractivity contribution in [3.05, 3.63) is 33.8 Å². The van der Waals surface area contributed by atoms with Crippen molar-refractivity contribution < 1.29 is 8.78 Å². The Morgan fingerprint density at radius 2 is 1.92 bits per heavy atom. The predicted octanol–water partition coefficient (Wildman–Crippen LogP) is 3.17. The third kappa shape index (κ3) is 2.62. The molecule has 0 saturated heterocycles. The van der Waals surface area contributed by atoms with Gasteiger partial charge in [-0.1, -0.05) is 6.07 Å². The van der Waals surface area contributed by atoms with Gasteiger partial charge in [0, 0.05) is 6.04 Å². The first-order valence-electron chi connectivity index (χ1n) is 3.43. The summed E-state index contributed by atoms with van der Waals surface area (Å²) in [6.45, 7) is 1.71. The molecule has 1 aromatic rings. The van der Waals surface area contributed by atoms with Gasteiger partial charge in [0.25, 0.3) is 0 Å². The van der Waals surface area contributed by atoms with E-state index in [0.717, 1.165) is 6.07 Å². The highest BCUT2D eigenvalue weighted by molar-refractivity contribution is 9.10. The van der Waals surface area contributed by atoms with Crippen LogP contribution in [0.25, 0.3) is 0 Å². The van der Waals surface area contributed by atoms with Gasteiger partial charge in [-0.15, -0.1) is 12.4 Å². The minimum absolute atomic E-state index is 0. The molecular formula is C8H9BrClF2N. The molecule has 1 aromatic carbocycles. The van der Waals surface area contributed by atoms with Crippen molar-refractivity contribution in [2.24, 2.45) is 5.73 Å². The molecule has 0 heterocycles. The third-order valence-electron chi connectivity index (χ3n) is 1.56. The fourth-order valence-corrected chi connectivity index (χ4v) is 1.58. The van der Waals surface area contributed by atoms with Crippen molar-refractivity contribution in [1.82, 2.24) is 0 Å². The van der Waals surface area contributed by atoms with Crippen LogP contribution in [0.15, 0.2) is 16.6 Å². The minimum Gasteiger partial charge on any atom is -0.324 e. The molecule has 0 radical (unpaired) electrons. The molecule has 0 amide bonds. The van der Waals surface area contributed by atoms with E-state index in [2.05, 4.69) is 15.9 Å². The summed E-state index contributed by atoms with van der Waals surface area (Å²) in [4.78, 5) is 0. The lowest BCUT2D eigenvalue weighted by molar-refractivity contribution is 0.501. The van der Waals surface area contributed by atoms with Crippen LogP contribution in [-0.4, -0.2) is 0 Å². The van der Waals surface area contributed by atoms with E-state index >= 15 is 0 Å². The Morgan fingerprint density at radius 1 is 1.38 bits per heavy atom. The molecule has 0 aliphatic rings. The predicted molar refractivity (Wildman–Crippen MR) is 53.9 cm³/mol. The van der Waals surface area contributed by atoms with Gasteiger partial charge in [-0.2, -0.15) is 0 Å². The number of benzene rings is 1. The number of hydrogen-bond donors (Lipinski definition) is 1. The minimum atomic E-state index is -0.884. The quantitative estimate of drug-likeness (QED) is 0.781. The lowest BCUT2D eigenvalue weighted by Crippen LogP contribution is -2.07. The smallest absolute Gasteiger partial charge is 0.173 e. The van der Waals surface area contributed by atoms with Crippen molar-refractivity contribution in [3.8, 4) is 0 Å². The van der Waals surface area contributed by atoms with Crippen molar-refractivity contribution >= 4 is 28.3 Å². The summed E-state index contributed by atoms with van der Waals surface area (Å²) < 4.78 is 25.6. The summed E-state index contributed by atoms with van der Waals surface area (Å²) in [7, 11) is 0. The monoisotopic (exact) mass is 271 g/mol. The van der Waals surface area contributed by atoms with Crippen molar-refractivity contribution in [1.29, 1.82) is 0 Å². The Kier molecular flexibility index (Phi) is 4.81. The van der Waals surface area contributed by atoms with E-state index in [-0.39, 0.29) is 22.9 Å². The second kappa shape index (κ2) is 4.88. The highest BCUT2D eigenvalue weighted by atomic mass is 79.9. The Hall–Kier alpha value is -0.190. The summed E-state index contributed by atoms with van der Waals surface area (Å²) in [5.74, 6) is -1.75. The van der Waals surface area contributed by atoms with Crippen LogP contribution in [0.3, 0.4) is 0 Å². The van der Waals surface area contributed by atoms with Crippen LogP contribution in [0.1, 0.15) is 18.5 Å². The second-order valence-electron chi connectivity index (χ2n) is 2.55. The number of halogens is 4. The molecule has 0 aromatic heterocycles. The van der Waals surface area contributed by atoms with E-state index in [9.17, 15) is 8.78 Å². The summed E-state index contributed by atoms with van der Waals surface area (Å²) in [6, 6.07) is 2.22. The van der Waals surface area contributed by atoms with E-state index in [1.807, 2.05) is 0 Å². The normalized spacial score (nSPS) is 12.1. The molecule has 5 heteroatoms. The highest BCUT2D eigenvalue weighted by Crippen LogP contribution is 2.26. The van der Waals surface area contributed by atoms with Crippen molar-refractivity contribution in [3.63, 3.8) is 0 Å². The maximum absolute atomic E-state index is 12.9. The van der Waals surface area contributed by atoms with Crippen molar-refractivity contribution in [2.75, 3.05) is 0 Å². The standard InChI is InChI=1S/C8H8BrF2N.ClH/c1-4(12)5-2-3-6(10)8(11)7(5)9;/h2-4H,12H2,1H3;1H. The number of nitrogens with two attached hydrogens (primary N) is 1. The third-order valence-corrected chi connectivity index (χ3v) is 2.36. The molecule has 0 aliphatic carbocycles. The summed E-state index contributed by atoms with van der Waals surface area (Å²) in [6.07, 6.45) is 0. The molecule has 0 saturated carbocycles. The molecular weight excluding hydrogens is 263 g/mol. The maximum atomic E-state index is 12.9. The fraction of sp³-hybridized carbons (Fsp3) is 0.250. The molecule has 2 N–H and O–H groups in total. The zero-order valence-corrected chi connectivity index (χ0v) is 9.25. The van der Waals surface area contributed by atoms with Gasteiger partial charge in [-0.05, 0) is 34.5 Å². The van der Waals surface area contributed by atoms with Crippen LogP contribution in [0.5, 0.6) is 0 Å². The van der Waals surface area contributed by atoms with Gasteiger partial charge >= 0.3 is 0 Å². The first-order chi connectivity index (χ1) is 5.54. The average molecular weight is 273 g/mol. The average Bonchev–Trinajstić information content (AvgIpc) is 2.00. The molecule has 13 heavy (non-hydrogen) atoms. The molecule has 0 spiro atoms. The fourth-order valence-electron chi connectivity index (χ4n) is 0.893. The lowest BCUT2D eigenvalue weighted by Gasteiger charge is -2.08. The van der Waals surface area contributed by atoms with Gasteiger partial charge in [-0.25, -0.2) is 8.78 Å². The molecule has 1 rings (SSSR count). The van der Waals surface area contributed by atoms with Gasteiger partial charge in [0.1, 0.15) is 0 Å². The summed E-state index contributed by atoms with van der Waals surface area (Å²) >= 11 is 2.94. The Morgan fingerprint density at radius 3 is 2.38 bits per heavy atom. The van der Waals surface area contributed by atoms with Gasteiger partial charge in [-0.3, -0.25) is 0 Å². The highest BCUT2D eigenvalue weighted by Gasteiger charge is 2.12. The first kappa shape index (κ1) is 12.8. The summed E-state index contributed by atoms with van der Waals surface area (Å²) in [5.41, 5.74) is 6.08. The molecule has 74 valence electrons. The molecule has 0 aliphatic heterocycles. The Labute approximate surface area is 89.9 Å². The molecule has 1 nitrogen and oxygen atoms in total. The van der Waals surface area contributed by atoms with E-state index in [1.165, 1.54) is 6.07 Å². The molecule has 0 bridgehead atoms. The number of hydrogen-bond acceptors (Lipinski definition) is 1. The van der Waals surface area contributed by atoms with Gasteiger partial charge in [0.15, 0.2) is 11.6 Å². The van der Waals surface area contributed by atoms with Crippen LogP contribution < -0.4 is 5.73 Å². The van der Waals surface area contributed by atoms with E-state index in [1.54, 1.807) is 6.92 Å². The first-order valence-corrected chi connectivity index (χ1v) is 4.22. The van der Waals surface area contributed by atoms with Crippen LogP contribution in [0, 0.1) is 11.6 Å². The zero-order valence-electron chi connectivity index (χ0n) is 6.85. The van der Waals surface area contributed by atoms with E-state index in [4.69, 9.17) is 5.73 Å². The second-order valence-corrected chi connectivity index (χ2v) is 3.35. The van der Waals surface area contributed by atoms with Crippen LogP contribution in [-0.2, 0) is 0 Å². The van der Waals surface area contributed by atoms with Crippen LogP contribution in [0.4, 0.5) is 8.78 Å². The lowest BCUT2D eigenvalue weighted by atomic mass is 10.1. The van der Waals surface area contributed by atoms with E-state index < -0.39 is 11.6 Å². The van der Waals surface area contributed by atoms with Crippen molar-refractivity contribution in [2.45, 2.75) is 13.0 Å². The molecule has 1 unspecified atom stereocenters. The van der Waals surface area contributed by atoms with Crippen LogP contribution >= 0.6 is 28.3 Å². The largest absolute Gasteiger partial charge is 0.324 e. The Bertz CT molecular complexity index is 304. The number of rotatable bonds is 1. The summed E-state index contributed by atoms with van der Waals surface area (Å²) in [5, 5.41) is 0. The van der Waals surface area contributed by atoms with E-state index in [0.29, 0.717) is 5.56 Å². The Balaban J connectivity index is 0.00000144. The molecule has 0 fully saturated rings. The zero-order chi connectivity index (χ0) is 9.30. The van der Waals surface area contributed by atoms with Gasteiger partial charge < -0.3 is 5.73 Å². The topological polar surface area (TPSA) is 26.0 Å².